The molecule has 0 spiro atoms. The van der Waals surface area contributed by atoms with E-state index in [-0.39, 0.29) is 12.2 Å². The van der Waals surface area contributed by atoms with Crippen LogP contribution in [0.3, 0.4) is 0 Å². The van der Waals surface area contributed by atoms with Gasteiger partial charge < -0.3 is 37.6 Å². The van der Waals surface area contributed by atoms with Crippen LogP contribution in [-0.4, -0.2) is 64.5 Å². The number of amides is 4. The first-order chi connectivity index (χ1) is 14.0. The van der Waals surface area contributed by atoms with Crippen LogP contribution in [0.15, 0.2) is 24.3 Å². The van der Waals surface area contributed by atoms with E-state index < -0.39 is 60.7 Å². The third-order valence-electron chi connectivity index (χ3n) is 3.87. The minimum atomic E-state index is -1.44. The van der Waals surface area contributed by atoms with Crippen LogP contribution in [0.2, 0.25) is 0 Å². The summed E-state index contributed by atoms with van der Waals surface area (Å²) < 4.78 is 0. The highest BCUT2D eigenvalue weighted by molar-refractivity contribution is 5.95. The third-order valence-corrected chi connectivity index (χ3v) is 3.87. The van der Waals surface area contributed by atoms with Crippen LogP contribution in [0.5, 0.6) is 5.75 Å². The molecule has 164 valence electrons. The zero-order valence-electron chi connectivity index (χ0n) is 16.3. The lowest BCUT2D eigenvalue weighted by Crippen LogP contribution is -2.57. The van der Waals surface area contributed by atoms with Gasteiger partial charge in [-0.15, -0.1) is 0 Å². The van der Waals surface area contributed by atoms with Gasteiger partial charge in [-0.25, -0.2) is 0 Å². The molecule has 3 unspecified atom stereocenters. The van der Waals surface area contributed by atoms with Crippen molar-refractivity contribution in [3.8, 4) is 5.75 Å². The largest absolute Gasteiger partial charge is 0.508 e. The summed E-state index contributed by atoms with van der Waals surface area (Å²) in [5.41, 5.74) is 11.2. The predicted octanol–water partition coefficient (Wildman–Crippen LogP) is -2.67. The number of rotatable bonds is 11. The predicted molar refractivity (Wildman–Crippen MR) is 104 cm³/mol. The van der Waals surface area contributed by atoms with Crippen LogP contribution in [0.25, 0.3) is 0 Å². The highest BCUT2D eigenvalue weighted by Gasteiger charge is 2.29. The van der Waals surface area contributed by atoms with Crippen molar-refractivity contribution < 1.29 is 34.2 Å². The number of carboxylic acids is 1. The number of phenols is 1. The van der Waals surface area contributed by atoms with E-state index in [0.29, 0.717) is 5.56 Å². The number of phenolic OH excluding ortho intramolecular Hbond substituents is 1. The van der Waals surface area contributed by atoms with Gasteiger partial charge in [0.1, 0.15) is 24.4 Å². The number of aromatic hydroxyl groups is 1. The summed E-state index contributed by atoms with van der Waals surface area (Å²) in [5, 5.41) is 24.8. The molecule has 12 heteroatoms. The summed E-state index contributed by atoms with van der Waals surface area (Å²) in [6.07, 6.45) is -0.588. The molecule has 9 N–H and O–H groups in total. The first-order valence-electron chi connectivity index (χ1n) is 8.91. The van der Waals surface area contributed by atoms with E-state index in [0.717, 1.165) is 0 Å². The van der Waals surface area contributed by atoms with Gasteiger partial charge in [-0.3, -0.25) is 24.0 Å². The Bertz CT molecular complexity index is 795. The van der Waals surface area contributed by atoms with E-state index in [9.17, 15) is 29.1 Å². The van der Waals surface area contributed by atoms with E-state index in [2.05, 4.69) is 16.0 Å². The Kier molecular flexibility index (Phi) is 9.23. The van der Waals surface area contributed by atoms with Gasteiger partial charge in [-0.2, -0.15) is 0 Å². The maximum absolute atomic E-state index is 12.7. The molecule has 0 fully saturated rings. The van der Waals surface area contributed by atoms with Crippen molar-refractivity contribution in [2.24, 2.45) is 11.5 Å². The molecule has 4 amide bonds. The van der Waals surface area contributed by atoms with E-state index in [1.807, 2.05) is 0 Å². The zero-order chi connectivity index (χ0) is 22.8. The molecule has 0 aliphatic heterocycles. The fraction of sp³-hybridized carbons (Fsp3) is 0.389. The number of benzene rings is 1. The minimum absolute atomic E-state index is 0.00932. The normalized spacial score (nSPS) is 13.4. The van der Waals surface area contributed by atoms with E-state index in [4.69, 9.17) is 16.6 Å². The molecule has 1 aromatic carbocycles. The third kappa shape index (κ3) is 8.56. The molecule has 0 aliphatic rings. The summed E-state index contributed by atoms with van der Waals surface area (Å²) >= 11 is 0. The van der Waals surface area contributed by atoms with Crippen LogP contribution < -0.4 is 27.4 Å². The molecule has 30 heavy (non-hydrogen) atoms. The lowest BCUT2D eigenvalue weighted by atomic mass is 10.0. The van der Waals surface area contributed by atoms with Gasteiger partial charge in [0, 0.05) is 6.42 Å². The number of carbonyl (C=O) groups excluding carboxylic acids is 4. The maximum Gasteiger partial charge on any atom is 0.322 e. The molecule has 0 aliphatic carbocycles. The van der Waals surface area contributed by atoms with Gasteiger partial charge in [-0.05, 0) is 24.6 Å². The summed E-state index contributed by atoms with van der Waals surface area (Å²) in [6, 6.07) is 2.34. The van der Waals surface area contributed by atoms with Crippen molar-refractivity contribution in [2.75, 3.05) is 6.54 Å². The Morgan fingerprint density at radius 3 is 2.03 bits per heavy atom. The molecule has 1 rings (SSSR count). The minimum Gasteiger partial charge on any atom is -0.508 e. The standard InChI is InChI=1S/C18H25N5O7/c1-9(19)16(28)22-12(6-10-2-4-11(24)5-3-10)18(30)23-13(7-14(20)25)17(29)21-8-15(26)27/h2-5,9,12-13,24H,6-8,19H2,1H3,(H2,20,25)(H,21,29)(H,22,28)(H,23,30)(H,26,27). The molecule has 0 saturated carbocycles. The molecular weight excluding hydrogens is 398 g/mol. The summed E-state index contributed by atoms with van der Waals surface area (Å²) in [4.78, 5) is 58.8. The molecule has 0 bridgehead atoms. The number of nitrogens with two attached hydrogens (primary N) is 2. The second-order valence-electron chi connectivity index (χ2n) is 6.56. The Hall–Kier alpha value is -3.67. The SMILES string of the molecule is CC(N)C(=O)NC(Cc1ccc(O)cc1)C(=O)NC(CC(N)=O)C(=O)NCC(=O)O. The lowest BCUT2D eigenvalue weighted by Gasteiger charge is -2.23. The fourth-order valence-corrected chi connectivity index (χ4v) is 2.35. The maximum atomic E-state index is 12.7. The zero-order valence-corrected chi connectivity index (χ0v) is 16.3. The topological polar surface area (TPSA) is 214 Å². The van der Waals surface area contributed by atoms with Crippen molar-refractivity contribution in [3.63, 3.8) is 0 Å². The summed E-state index contributed by atoms with van der Waals surface area (Å²) in [7, 11) is 0. The first-order valence-corrected chi connectivity index (χ1v) is 8.91. The number of carbonyl (C=O) groups is 5. The monoisotopic (exact) mass is 423 g/mol. The van der Waals surface area contributed by atoms with Gasteiger partial charge in [0.25, 0.3) is 0 Å². The molecule has 0 aromatic heterocycles. The van der Waals surface area contributed by atoms with E-state index in [1.54, 1.807) is 0 Å². The molecule has 1 aromatic rings. The molecule has 12 nitrogen and oxygen atoms in total. The van der Waals surface area contributed by atoms with Crippen LogP contribution in [0.4, 0.5) is 0 Å². The Labute approximate surface area is 172 Å². The molecule has 0 heterocycles. The van der Waals surface area contributed by atoms with Gasteiger partial charge in [-0.1, -0.05) is 12.1 Å². The molecule has 0 saturated heterocycles. The highest BCUT2D eigenvalue weighted by atomic mass is 16.4. The van der Waals surface area contributed by atoms with Crippen LogP contribution in [0.1, 0.15) is 18.9 Å². The quantitative estimate of drug-likeness (QED) is 0.199. The average Bonchev–Trinajstić information content (AvgIpc) is 2.65. The van der Waals surface area contributed by atoms with Crippen LogP contribution >= 0.6 is 0 Å². The Morgan fingerprint density at radius 2 is 1.53 bits per heavy atom. The Balaban J connectivity index is 3.00. The number of hydrogen-bond acceptors (Lipinski definition) is 7. The number of hydrogen-bond donors (Lipinski definition) is 7. The van der Waals surface area contributed by atoms with Crippen molar-refractivity contribution in [1.29, 1.82) is 0 Å². The first kappa shape index (κ1) is 24.4. The molecular formula is C18H25N5O7. The van der Waals surface area contributed by atoms with Crippen LogP contribution in [-0.2, 0) is 30.4 Å². The smallest absolute Gasteiger partial charge is 0.322 e. The van der Waals surface area contributed by atoms with Gasteiger partial charge in [0.05, 0.1) is 12.5 Å². The molecule has 3 atom stereocenters. The van der Waals surface area contributed by atoms with Crippen molar-refractivity contribution in [3.05, 3.63) is 29.8 Å². The van der Waals surface area contributed by atoms with Gasteiger partial charge >= 0.3 is 5.97 Å². The lowest BCUT2D eigenvalue weighted by molar-refractivity contribution is -0.138. The summed E-state index contributed by atoms with van der Waals surface area (Å²) in [5.74, 6) is -4.57. The summed E-state index contributed by atoms with van der Waals surface area (Å²) in [6.45, 7) is 0.697. The van der Waals surface area contributed by atoms with E-state index in [1.165, 1.54) is 31.2 Å². The van der Waals surface area contributed by atoms with Crippen molar-refractivity contribution in [1.82, 2.24) is 16.0 Å². The fourth-order valence-electron chi connectivity index (χ4n) is 2.35. The van der Waals surface area contributed by atoms with Crippen LogP contribution in [0, 0.1) is 0 Å². The number of carboxylic acid groups (broad SMARTS) is 1. The number of aliphatic carboxylic acids is 1. The highest BCUT2D eigenvalue weighted by Crippen LogP contribution is 2.12. The molecule has 0 radical (unpaired) electrons. The Morgan fingerprint density at radius 1 is 0.967 bits per heavy atom. The second-order valence-corrected chi connectivity index (χ2v) is 6.56. The number of primary amides is 1. The number of nitrogens with one attached hydrogen (secondary N) is 3. The van der Waals surface area contributed by atoms with E-state index >= 15 is 0 Å². The average molecular weight is 423 g/mol. The van der Waals surface area contributed by atoms with Gasteiger partial charge in [0.2, 0.25) is 23.6 Å². The van der Waals surface area contributed by atoms with Crippen molar-refractivity contribution in [2.45, 2.75) is 37.9 Å². The van der Waals surface area contributed by atoms with Crippen molar-refractivity contribution >= 4 is 29.6 Å². The second kappa shape index (κ2) is 11.4. The van der Waals surface area contributed by atoms with Gasteiger partial charge in [0.15, 0.2) is 0 Å².